The van der Waals surface area contributed by atoms with Gasteiger partial charge in [-0.2, -0.15) is 0 Å². The van der Waals surface area contributed by atoms with Crippen LogP contribution >= 0.6 is 11.3 Å². The van der Waals surface area contributed by atoms with Crippen molar-refractivity contribution in [3.8, 4) is 10.8 Å². The Kier molecular flexibility index (Phi) is 6.13. The maximum atomic E-state index is 12.7. The first-order chi connectivity index (χ1) is 15.1. The quantitative estimate of drug-likeness (QED) is 0.388. The first-order valence-electron chi connectivity index (χ1n) is 9.92. The molecule has 4 aromatic rings. The molecule has 0 aliphatic heterocycles. The predicted octanol–water partition coefficient (Wildman–Crippen LogP) is 3.89. The van der Waals surface area contributed by atoms with E-state index in [1.54, 1.807) is 11.1 Å². The van der Waals surface area contributed by atoms with E-state index in [-0.39, 0.29) is 19.1 Å². The van der Waals surface area contributed by atoms with Crippen LogP contribution in [0.4, 0.5) is 0 Å². The number of ether oxygens (including phenoxy) is 1. The van der Waals surface area contributed by atoms with Gasteiger partial charge in [0.05, 0.1) is 17.0 Å². The second-order valence-electron chi connectivity index (χ2n) is 7.04. The Hall–Kier alpha value is -3.46. The molecule has 0 fully saturated rings. The Morgan fingerprint density at radius 2 is 2.03 bits per heavy atom. The molecule has 0 N–H and O–H groups in total. The summed E-state index contributed by atoms with van der Waals surface area (Å²) >= 11 is 1.50. The molecule has 9 heteroatoms. The van der Waals surface area contributed by atoms with Gasteiger partial charge < -0.3 is 18.6 Å². The molecule has 0 aliphatic rings. The first-order valence-corrected chi connectivity index (χ1v) is 10.8. The second kappa shape index (κ2) is 9.13. The summed E-state index contributed by atoms with van der Waals surface area (Å²) in [4.78, 5) is 27.8. The largest absolute Gasteiger partial charge is 0.452 e. The highest BCUT2D eigenvalue weighted by Gasteiger charge is 2.21. The molecular weight excluding hydrogens is 416 g/mol. The van der Waals surface area contributed by atoms with Crippen LogP contribution in [0.3, 0.4) is 0 Å². The van der Waals surface area contributed by atoms with Gasteiger partial charge in [0.15, 0.2) is 6.61 Å². The van der Waals surface area contributed by atoms with Crippen LogP contribution in [0.1, 0.15) is 29.6 Å². The average molecular weight is 439 g/mol. The van der Waals surface area contributed by atoms with Crippen molar-refractivity contribution in [3.05, 3.63) is 59.4 Å². The lowest BCUT2D eigenvalue weighted by molar-refractivity contribution is -0.135. The van der Waals surface area contributed by atoms with Gasteiger partial charge in [0.2, 0.25) is 5.89 Å². The molecule has 1 amide bonds. The fourth-order valence-corrected chi connectivity index (χ4v) is 3.99. The van der Waals surface area contributed by atoms with Gasteiger partial charge in [0.1, 0.15) is 0 Å². The molecule has 31 heavy (non-hydrogen) atoms. The lowest BCUT2D eigenvalue weighted by Crippen LogP contribution is -2.35. The van der Waals surface area contributed by atoms with Gasteiger partial charge in [0.25, 0.3) is 11.8 Å². The normalized spacial score (nSPS) is 11.0. The van der Waals surface area contributed by atoms with Crippen molar-refractivity contribution in [1.29, 1.82) is 0 Å². The summed E-state index contributed by atoms with van der Waals surface area (Å²) in [6.45, 7) is 2.26. The molecule has 0 unspecified atom stereocenters. The number of carbonyl (C=O) groups is 2. The molecule has 1 aromatic carbocycles. The van der Waals surface area contributed by atoms with E-state index in [0.717, 1.165) is 22.2 Å². The summed E-state index contributed by atoms with van der Waals surface area (Å²) < 4.78 is 12.9. The third-order valence-corrected chi connectivity index (χ3v) is 5.67. The molecule has 0 radical (unpaired) electrons. The molecule has 0 atom stereocenters. The van der Waals surface area contributed by atoms with E-state index in [0.29, 0.717) is 23.9 Å². The highest BCUT2D eigenvalue weighted by molar-refractivity contribution is 7.13. The average Bonchev–Trinajstić information content (AvgIpc) is 3.52. The Bertz CT molecular complexity index is 1200. The number of fused-ring (bicyclic) bond motifs is 1. The number of aryl methyl sites for hydroxylation is 1. The lowest BCUT2D eigenvalue weighted by atomic mass is 10.2. The first kappa shape index (κ1) is 20.8. The number of amides is 1. The zero-order valence-electron chi connectivity index (χ0n) is 17.3. The number of esters is 1. The summed E-state index contributed by atoms with van der Waals surface area (Å²) in [5.41, 5.74) is 1.36. The molecule has 3 heterocycles. The monoisotopic (exact) mass is 438 g/mol. The van der Waals surface area contributed by atoms with Crippen molar-refractivity contribution >= 4 is 34.1 Å². The lowest BCUT2D eigenvalue weighted by Gasteiger charge is -2.20. The van der Waals surface area contributed by atoms with Crippen LogP contribution in [0.2, 0.25) is 0 Å². The van der Waals surface area contributed by atoms with E-state index in [1.807, 2.05) is 60.3 Å². The van der Waals surface area contributed by atoms with E-state index >= 15 is 0 Å². The van der Waals surface area contributed by atoms with Crippen molar-refractivity contribution in [1.82, 2.24) is 19.7 Å². The highest BCUT2D eigenvalue weighted by Crippen LogP contribution is 2.24. The maximum Gasteiger partial charge on any atom is 0.340 e. The minimum Gasteiger partial charge on any atom is -0.452 e. The minimum absolute atomic E-state index is 0.164. The molecule has 8 nitrogen and oxygen atoms in total. The molecule has 4 rings (SSSR count). The van der Waals surface area contributed by atoms with Crippen molar-refractivity contribution in [2.45, 2.75) is 19.9 Å². The summed E-state index contributed by atoms with van der Waals surface area (Å²) in [6, 6.07) is 11.4. The standard InChI is InChI=1S/C22H22N4O4S/c1-3-10-26(13-19-23-24-21(30-19)18-9-6-11-31-18)20(27)14-29-22(28)16-12-25(2)17-8-5-4-7-15(16)17/h4-9,11-12H,3,10,13-14H2,1-2H3. The van der Waals surface area contributed by atoms with Gasteiger partial charge in [-0.15, -0.1) is 21.5 Å². The van der Waals surface area contributed by atoms with Crippen LogP contribution in [0.15, 0.2) is 52.4 Å². The summed E-state index contributed by atoms with van der Waals surface area (Å²) in [7, 11) is 1.86. The maximum absolute atomic E-state index is 12.7. The van der Waals surface area contributed by atoms with Crippen LogP contribution in [0, 0.1) is 0 Å². The minimum atomic E-state index is -0.528. The van der Waals surface area contributed by atoms with Crippen molar-refractivity contribution < 1.29 is 18.7 Å². The van der Waals surface area contributed by atoms with Gasteiger partial charge in [-0.3, -0.25) is 4.79 Å². The van der Waals surface area contributed by atoms with Crippen LogP contribution in [0.25, 0.3) is 21.7 Å². The Morgan fingerprint density at radius 3 is 2.81 bits per heavy atom. The van der Waals surface area contributed by atoms with Crippen LogP contribution in [-0.4, -0.2) is 44.7 Å². The summed E-state index contributed by atoms with van der Waals surface area (Å²) in [5, 5.41) is 10.8. The Morgan fingerprint density at radius 1 is 1.19 bits per heavy atom. The smallest absolute Gasteiger partial charge is 0.340 e. The van der Waals surface area contributed by atoms with Crippen LogP contribution in [0.5, 0.6) is 0 Å². The molecule has 3 aromatic heterocycles. The van der Waals surface area contributed by atoms with Crippen LogP contribution in [-0.2, 0) is 23.1 Å². The molecule has 0 bridgehead atoms. The molecule has 0 spiro atoms. The van der Waals surface area contributed by atoms with Gasteiger partial charge >= 0.3 is 5.97 Å². The van der Waals surface area contributed by atoms with E-state index < -0.39 is 5.97 Å². The topological polar surface area (TPSA) is 90.5 Å². The van der Waals surface area contributed by atoms with Gasteiger partial charge in [-0.25, -0.2) is 4.79 Å². The van der Waals surface area contributed by atoms with Crippen molar-refractivity contribution in [2.75, 3.05) is 13.2 Å². The highest BCUT2D eigenvalue weighted by atomic mass is 32.1. The third kappa shape index (κ3) is 4.51. The zero-order valence-corrected chi connectivity index (χ0v) is 18.1. The number of para-hydroxylation sites is 1. The number of benzene rings is 1. The number of nitrogens with zero attached hydrogens (tertiary/aromatic N) is 4. The van der Waals surface area contributed by atoms with Gasteiger partial charge in [-0.1, -0.05) is 31.2 Å². The van der Waals surface area contributed by atoms with E-state index in [2.05, 4.69) is 10.2 Å². The number of hydrogen-bond acceptors (Lipinski definition) is 7. The molecule has 0 saturated heterocycles. The molecule has 0 saturated carbocycles. The SMILES string of the molecule is CCCN(Cc1nnc(-c2cccs2)o1)C(=O)COC(=O)c1cn(C)c2ccccc12. The summed E-state index contributed by atoms with van der Waals surface area (Å²) in [6.07, 6.45) is 2.46. The van der Waals surface area contributed by atoms with E-state index in [1.165, 1.54) is 11.3 Å². The fraction of sp³-hybridized carbons (Fsp3) is 0.273. The van der Waals surface area contributed by atoms with Gasteiger partial charge in [-0.05, 0) is 23.9 Å². The Labute approximate surface area is 183 Å². The zero-order chi connectivity index (χ0) is 21.8. The molecule has 0 aliphatic carbocycles. The third-order valence-electron chi connectivity index (χ3n) is 4.81. The fourth-order valence-electron chi connectivity index (χ4n) is 3.34. The Balaban J connectivity index is 1.41. The molecule has 160 valence electrons. The number of rotatable bonds is 8. The van der Waals surface area contributed by atoms with E-state index in [4.69, 9.17) is 9.15 Å². The number of aromatic nitrogens is 3. The number of hydrogen-bond donors (Lipinski definition) is 0. The predicted molar refractivity (Wildman–Crippen MR) is 117 cm³/mol. The van der Waals surface area contributed by atoms with Crippen molar-refractivity contribution in [3.63, 3.8) is 0 Å². The number of carbonyl (C=O) groups excluding carboxylic acids is 2. The van der Waals surface area contributed by atoms with Gasteiger partial charge in [0, 0.05) is 30.7 Å². The molecular formula is C22H22N4O4S. The van der Waals surface area contributed by atoms with E-state index in [9.17, 15) is 9.59 Å². The summed E-state index contributed by atoms with van der Waals surface area (Å²) in [5.74, 6) is -0.0764. The number of thiophene rings is 1. The van der Waals surface area contributed by atoms with Crippen molar-refractivity contribution in [2.24, 2.45) is 7.05 Å². The van der Waals surface area contributed by atoms with Crippen LogP contribution < -0.4 is 0 Å². The second-order valence-corrected chi connectivity index (χ2v) is 7.99.